The predicted octanol–water partition coefficient (Wildman–Crippen LogP) is 1.52. The van der Waals surface area contributed by atoms with Crippen molar-refractivity contribution in [3.63, 3.8) is 0 Å². The van der Waals surface area contributed by atoms with E-state index in [1.54, 1.807) is 14.0 Å². The van der Waals surface area contributed by atoms with Crippen LogP contribution in [-0.4, -0.2) is 72.9 Å². The van der Waals surface area contributed by atoms with Crippen LogP contribution in [0, 0.1) is 0 Å². The van der Waals surface area contributed by atoms with Gasteiger partial charge in [-0.3, -0.25) is 9.69 Å². The zero-order valence-electron chi connectivity index (χ0n) is 15.5. The highest BCUT2D eigenvalue weighted by molar-refractivity contribution is 5.80. The summed E-state index contributed by atoms with van der Waals surface area (Å²) >= 11 is 0. The van der Waals surface area contributed by atoms with Crippen LogP contribution in [0.1, 0.15) is 25.8 Å². The van der Waals surface area contributed by atoms with E-state index in [9.17, 15) is 9.90 Å². The molecule has 0 aromatic heterocycles. The molecule has 1 aliphatic heterocycles. The van der Waals surface area contributed by atoms with Gasteiger partial charge < -0.3 is 19.5 Å². The third-order valence-corrected chi connectivity index (χ3v) is 4.81. The third-order valence-electron chi connectivity index (χ3n) is 4.81. The molecule has 0 saturated carbocycles. The molecule has 25 heavy (non-hydrogen) atoms. The first-order chi connectivity index (χ1) is 12.1. The lowest BCUT2D eigenvalue weighted by Crippen LogP contribution is -2.54. The van der Waals surface area contributed by atoms with Gasteiger partial charge in [0.05, 0.1) is 20.3 Å². The van der Waals surface area contributed by atoms with Crippen molar-refractivity contribution >= 4 is 5.91 Å². The number of rotatable bonds is 8. The molecule has 6 nitrogen and oxygen atoms in total. The first kappa shape index (κ1) is 19.7. The van der Waals surface area contributed by atoms with Crippen molar-refractivity contribution in [3.8, 4) is 5.75 Å². The number of nitrogens with zero attached hydrogens (tertiary/aromatic N) is 2. The monoisotopic (exact) mass is 350 g/mol. The van der Waals surface area contributed by atoms with Gasteiger partial charge in [-0.05, 0) is 31.0 Å². The number of hydrogen-bond donors (Lipinski definition) is 1. The number of amides is 1. The Kier molecular flexibility index (Phi) is 7.68. The zero-order chi connectivity index (χ0) is 18.2. The van der Waals surface area contributed by atoms with Crippen LogP contribution >= 0.6 is 0 Å². The second kappa shape index (κ2) is 9.75. The van der Waals surface area contributed by atoms with Crippen LogP contribution in [0.2, 0.25) is 0 Å². The SMILES string of the molecule is CC[C@H](CO)N1CCN(C(=O)[C@H](C)OCc2cccc(OC)c2)CC1. The van der Waals surface area contributed by atoms with Gasteiger partial charge in [0.1, 0.15) is 11.9 Å². The molecule has 1 aromatic rings. The molecule has 1 aliphatic rings. The van der Waals surface area contributed by atoms with Gasteiger partial charge in [-0.15, -0.1) is 0 Å². The number of benzene rings is 1. The fourth-order valence-corrected chi connectivity index (χ4v) is 3.12. The molecule has 1 amide bonds. The molecule has 0 aliphatic carbocycles. The lowest BCUT2D eigenvalue weighted by Gasteiger charge is -2.39. The van der Waals surface area contributed by atoms with Gasteiger partial charge in [-0.1, -0.05) is 19.1 Å². The number of piperazine rings is 1. The summed E-state index contributed by atoms with van der Waals surface area (Å²) in [5, 5.41) is 9.41. The molecule has 1 N–H and O–H groups in total. The average Bonchev–Trinajstić information content (AvgIpc) is 2.67. The molecule has 6 heteroatoms. The van der Waals surface area contributed by atoms with E-state index < -0.39 is 6.10 Å². The molecule has 2 rings (SSSR count). The van der Waals surface area contributed by atoms with E-state index in [1.165, 1.54) is 0 Å². The highest BCUT2D eigenvalue weighted by atomic mass is 16.5. The number of aliphatic hydroxyl groups is 1. The summed E-state index contributed by atoms with van der Waals surface area (Å²) < 4.78 is 11.0. The Morgan fingerprint density at radius 1 is 1.28 bits per heavy atom. The topological polar surface area (TPSA) is 62.2 Å². The molecular weight excluding hydrogens is 320 g/mol. The molecule has 1 saturated heterocycles. The summed E-state index contributed by atoms with van der Waals surface area (Å²) in [7, 11) is 1.63. The van der Waals surface area contributed by atoms with Crippen LogP contribution in [0.4, 0.5) is 0 Å². The Morgan fingerprint density at radius 3 is 2.60 bits per heavy atom. The van der Waals surface area contributed by atoms with Crippen molar-refractivity contribution in [1.29, 1.82) is 0 Å². The summed E-state index contributed by atoms with van der Waals surface area (Å²) in [6.07, 6.45) is 0.447. The minimum atomic E-state index is -0.474. The summed E-state index contributed by atoms with van der Waals surface area (Å²) in [4.78, 5) is 16.7. The maximum absolute atomic E-state index is 12.6. The van der Waals surface area contributed by atoms with Crippen LogP contribution < -0.4 is 4.74 Å². The second-order valence-electron chi connectivity index (χ2n) is 6.41. The Morgan fingerprint density at radius 2 is 2.00 bits per heavy atom. The van der Waals surface area contributed by atoms with Crippen molar-refractivity contribution in [2.45, 2.75) is 39.0 Å². The summed E-state index contributed by atoms with van der Waals surface area (Å²) in [6.45, 7) is 7.40. The maximum Gasteiger partial charge on any atom is 0.251 e. The predicted molar refractivity (Wildman–Crippen MR) is 96.6 cm³/mol. The average molecular weight is 350 g/mol. The van der Waals surface area contributed by atoms with Crippen molar-refractivity contribution in [2.75, 3.05) is 39.9 Å². The largest absolute Gasteiger partial charge is 0.497 e. The van der Waals surface area contributed by atoms with Gasteiger partial charge in [-0.2, -0.15) is 0 Å². The first-order valence-corrected chi connectivity index (χ1v) is 8.97. The molecule has 140 valence electrons. The molecular formula is C19H30N2O4. The van der Waals surface area contributed by atoms with Gasteiger partial charge in [0.25, 0.3) is 5.91 Å². The van der Waals surface area contributed by atoms with Gasteiger partial charge >= 0.3 is 0 Å². The van der Waals surface area contributed by atoms with E-state index in [0.717, 1.165) is 30.8 Å². The van der Waals surface area contributed by atoms with E-state index in [1.807, 2.05) is 29.2 Å². The molecule has 0 spiro atoms. The van der Waals surface area contributed by atoms with Crippen molar-refractivity contribution in [2.24, 2.45) is 0 Å². The van der Waals surface area contributed by atoms with Crippen molar-refractivity contribution < 1.29 is 19.4 Å². The number of carbonyl (C=O) groups excluding carboxylic acids is 1. The third kappa shape index (κ3) is 5.42. The minimum Gasteiger partial charge on any atom is -0.497 e. The van der Waals surface area contributed by atoms with Gasteiger partial charge in [-0.25, -0.2) is 0 Å². The van der Waals surface area contributed by atoms with Crippen LogP contribution in [0.25, 0.3) is 0 Å². The lowest BCUT2D eigenvalue weighted by molar-refractivity contribution is -0.145. The van der Waals surface area contributed by atoms with Crippen LogP contribution in [0.15, 0.2) is 24.3 Å². The number of methoxy groups -OCH3 is 1. The maximum atomic E-state index is 12.6. The number of aliphatic hydroxyl groups excluding tert-OH is 1. The highest BCUT2D eigenvalue weighted by Crippen LogP contribution is 2.15. The second-order valence-corrected chi connectivity index (χ2v) is 6.41. The Hall–Kier alpha value is -1.63. The Bertz CT molecular complexity index is 540. The van der Waals surface area contributed by atoms with E-state index in [0.29, 0.717) is 19.7 Å². The molecule has 1 aromatic carbocycles. The number of ether oxygens (including phenoxy) is 2. The highest BCUT2D eigenvalue weighted by Gasteiger charge is 2.27. The molecule has 0 radical (unpaired) electrons. The molecule has 0 unspecified atom stereocenters. The quantitative estimate of drug-likeness (QED) is 0.770. The van der Waals surface area contributed by atoms with Crippen LogP contribution in [-0.2, 0) is 16.1 Å². The van der Waals surface area contributed by atoms with Crippen molar-refractivity contribution in [3.05, 3.63) is 29.8 Å². The zero-order valence-corrected chi connectivity index (χ0v) is 15.5. The standard InChI is InChI=1S/C19H30N2O4/c1-4-17(13-22)20-8-10-21(11-9-20)19(23)15(2)25-14-16-6-5-7-18(12-16)24-3/h5-7,12,15,17,22H,4,8-11,13-14H2,1-3H3/t15-,17+/m0/s1. The van der Waals surface area contributed by atoms with Crippen molar-refractivity contribution in [1.82, 2.24) is 9.80 Å². The van der Waals surface area contributed by atoms with Gasteiger partial charge in [0.15, 0.2) is 0 Å². The molecule has 0 bridgehead atoms. The van der Waals surface area contributed by atoms with Crippen LogP contribution in [0.3, 0.4) is 0 Å². The molecule has 2 atom stereocenters. The van der Waals surface area contributed by atoms with Crippen LogP contribution in [0.5, 0.6) is 5.75 Å². The summed E-state index contributed by atoms with van der Waals surface area (Å²) in [5.74, 6) is 0.810. The minimum absolute atomic E-state index is 0.0274. The first-order valence-electron chi connectivity index (χ1n) is 8.97. The van der Waals surface area contributed by atoms with Gasteiger partial charge in [0.2, 0.25) is 0 Å². The van der Waals surface area contributed by atoms with E-state index in [-0.39, 0.29) is 18.6 Å². The lowest BCUT2D eigenvalue weighted by atomic mass is 10.1. The normalized spacial score (nSPS) is 18.0. The Labute approximate surface area is 150 Å². The summed E-state index contributed by atoms with van der Waals surface area (Å²) in [5.41, 5.74) is 0.984. The fourth-order valence-electron chi connectivity index (χ4n) is 3.12. The van der Waals surface area contributed by atoms with E-state index in [4.69, 9.17) is 9.47 Å². The Balaban J connectivity index is 1.80. The molecule has 1 heterocycles. The fraction of sp³-hybridized carbons (Fsp3) is 0.632. The summed E-state index contributed by atoms with van der Waals surface area (Å²) in [6, 6.07) is 7.86. The van der Waals surface area contributed by atoms with E-state index in [2.05, 4.69) is 11.8 Å². The number of carbonyl (C=O) groups is 1. The smallest absolute Gasteiger partial charge is 0.251 e. The molecule has 1 fully saturated rings. The number of hydrogen-bond acceptors (Lipinski definition) is 5. The van der Waals surface area contributed by atoms with E-state index >= 15 is 0 Å². The van der Waals surface area contributed by atoms with Gasteiger partial charge in [0, 0.05) is 32.2 Å².